The highest BCUT2D eigenvalue weighted by Gasteiger charge is 2.29. The average Bonchev–Trinajstić information content (AvgIpc) is 0.863. The van der Waals surface area contributed by atoms with E-state index in [1.54, 1.807) is 0 Å². The van der Waals surface area contributed by atoms with Gasteiger partial charge in [0.15, 0.2) is 0 Å². The molecule has 4 heterocycles. The summed E-state index contributed by atoms with van der Waals surface area (Å²) in [6, 6.07) is 11.6. The number of aromatic hydroxyl groups is 4. The summed E-state index contributed by atoms with van der Waals surface area (Å²) in [5.74, 6) is -14.0. The van der Waals surface area contributed by atoms with Crippen molar-refractivity contribution in [3.63, 3.8) is 0 Å². The van der Waals surface area contributed by atoms with E-state index in [9.17, 15) is 97.8 Å². The predicted molar refractivity (Wildman–Crippen MR) is 408 cm³/mol. The molecule has 0 saturated heterocycles. The van der Waals surface area contributed by atoms with Crippen LogP contribution in [0.1, 0.15) is 160 Å². The van der Waals surface area contributed by atoms with E-state index in [1.807, 2.05) is 19.6 Å². The van der Waals surface area contributed by atoms with Gasteiger partial charge in [-0.1, -0.05) is 24.3 Å². The van der Waals surface area contributed by atoms with E-state index < -0.39 is 131 Å². The first-order valence-corrected chi connectivity index (χ1v) is 37.4. The summed E-state index contributed by atoms with van der Waals surface area (Å²) >= 11 is 0. The maximum Gasteiger partial charge on any atom is 0.326 e. The van der Waals surface area contributed by atoms with E-state index >= 15 is 0 Å². The highest BCUT2D eigenvalue weighted by atomic mass is 16.4. The molecule has 12 bridgehead atoms. The molecule has 0 radical (unpaired) electrons. The summed E-state index contributed by atoms with van der Waals surface area (Å²) in [5, 5.41) is 114. The van der Waals surface area contributed by atoms with Crippen LogP contribution in [0, 0.1) is 0 Å². The van der Waals surface area contributed by atoms with Crippen LogP contribution in [-0.2, 0) is 28.8 Å². The number of nitrogens with one attached hydrogen (secondary N) is 12. The van der Waals surface area contributed by atoms with Crippen molar-refractivity contribution in [1.82, 2.24) is 83.4 Å². The number of rotatable bonds is 21. The third-order valence-electron chi connectivity index (χ3n) is 18.6. The van der Waals surface area contributed by atoms with E-state index in [-0.39, 0.29) is 232 Å². The van der Waals surface area contributed by atoms with Gasteiger partial charge in [0.2, 0.25) is 11.8 Å². The number of nitrogens with zero attached hydrogens (tertiary/aromatic N) is 4. The number of hydrogen-bond acceptors (Lipinski definition) is 23. The summed E-state index contributed by atoms with van der Waals surface area (Å²) in [6.45, 7) is 2.37. The molecule has 7 atom stereocenters. The van der Waals surface area contributed by atoms with Crippen molar-refractivity contribution in [2.45, 2.75) is 95.7 Å². The lowest BCUT2D eigenvalue weighted by molar-refractivity contribution is -0.141. The summed E-state index contributed by atoms with van der Waals surface area (Å²) in [5.41, 5.74) is -1.70. The number of carboxylic acids is 4. The maximum absolute atomic E-state index is 14.7. The van der Waals surface area contributed by atoms with Crippen LogP contribution < -0.4 is 63.8 Å². The van der Waals surface area contributed by atoms with Gasteiger partial charge in [0.1, 0.15) is 35.1 Å². The van der Waals surface area contributed by atoms with Crippen LogP contribution in [0.25, 0.3) is 0 Å². The Bertz CT molecular complexity index is 3990. The minimum atomic E-state index is -1.58. The monoisotopic (exact) mass is 1590 g/mol. The van der Waals surface area contributed by atoms with E-state index in [0.717, 1.165) is 6.92 Å². The summed E-state index contributed by atoms with van der Waals surface area (Å²) < 4.78 is 0. The molecule has 0 saturated carbocycles. The molecular formula is C75H102N16O23. The molecule has 39 nitrogen and oxygen atoms in total. The van der Waals surface area contributed by atoms with Crippen LogP contribution in [0.5, 0.6) is 23.0 Å². The number of hydrogen-bond donors (Lipinski definition) is 20. The fraction of sp³-hybridized carbons (Fsp3) is 0.480. The van der Waals surface area contributed by atoms with Crippen molar-refractivity contribution < 1.29 is 113 Å². The van der Waals surface area contributed by atoms with Crippen LogP contribution in [0.4, 0.5) is 4.79 Å². The van der Waals surface area contributed by atoms with Gasteiger partial charge in [-0.2, -0.15) is 0 Å². The Morgan fingerprint density at radius 3 is 0.965 bits per heavy atom. The zero-order chi connectivity index (χ0) is 83.2. The molecule has 0 spiro atoms. The average molecular weight is 1600 g/mol. The lowest BCUT2D eigenvalue weighted by atomic mass is 10.0. The largest absolute Gasteiger partial charge is 0.506 e. The number of carboxylic acid groups (broad SMARTS) is 4. The molecule has 4 aliphatic heterocycles. The molecule has 4 aromatic carbocycles. The molecule has 39 heteroatoms. The standard InChI is InChI=1S/C73H98N16O21.C2H4O2/c90-56(20-9-21-57(91)75-25-4-2-19-54(71(106)107)84-73(110)85-55(72(108)109)22-23-58(92)93)74-24-3-1-10-45-44-89-39-32-82-68(103)51-16-7-15-50(61(51)96)65(100)78-27-34-86-33-26-76-63(98)46-11-5-13-48(59(46)94)66(101)79-30-37-88(42-43-89)38-31-80-67(102)49-14-6-12-47(60(49)95)64(99)77-28-35-87(41-40-86)36-29-81-69(104)52-17-8-18-53(62(52)97)70(105)83-45;1-2(3)4/h5-8,11-18,45,54-55,94-97H,1-4,9-10,19-44H2,(H,74,90)(H,75,91)(H,76,98)(H,77,99)(H,78,100)(H,79,101)(H,80,102)(H,81,104)(H,82,103)(H,83,105)(H,92,93)(H,106,107)(H,108,109)(H2,84,85,110);1H3,(H,3,4)/t45?,54-,55-;/m0./s1. The van der Waals surface area contributed by atoms with Crippen molar-refractivity contribution >= 4 is 89.0 Å². The second-order valence-electron chi connectivity index (χ2n) is 27.0. The number of carbonyl (C=O) groups excluding carboxylic acids is 11. The van der Waals surface area contributed by atoms with Crippen LogP contribution >= 0.6 is 0 Å². The fourth-order valence-corrected chi connectivity index (χ4v) is 12.4. The molecule has 8 rings (SSSR count). The Morgan fingerprint density at radius 2 is 0.658 bits per heavy atom. The zero-order valence-corrected chi connectivity index (χ0v) is 63.3. The second kappa shape index (κ2) is 47.2. The molecule has 4 aromatic rings. The number of aliphatic carboxylic acids is 4. The number of amides is 12. The van der Waals surface area contributed by atoms with Crippen LogP contribution in [0.15, 0.2) is 72.8 Å². The van der Waals surface area contributed by atoms with Crippen molar-refractivity contribution in [2.24, 2.45) is 0 Å². The number of carbonyl (C=O) groups is 15. The highest BCUT2D eigenvalue weighted by molar-refractivity contribution is 6.07. The molecule has 12 amide bonds. The first-order valence-electron chi connectivity index (χ1n) is 37.4. The Balaban J connectivity index is 0.00000493. The third kappa shape index (κ3) is 30.5. The van der Waals surface area contributed by atoms with Crippen LogP contribution in [-0.4, -0.2) is 305 Å². The molecule has 0 fully saturated rings. The van der Waals surface area contributed by atoms with Gasteiger partial charge in [-0.25, -0.2) is 14.4 Å². The van der Waals surface area contributed by atoms with Gasteiger partial charge >= 0.3 is 23.9 Å². The van der Waals surface area contributed by atoms with Gasteiger partial charge in [-0.3, -0.25) is 77.1 Å². The summed E-state index contributed by atoms with van der Waals surface area (Å²) in [7, 11) is 0. The molecule has 5 unspecified atom stereocenters. The molecule has 0 aromatic heterocycles. The second-order valence-corrected chi connectivity index (χ2v) is 27.0. The van der Waals surface area contributed by atoms with Crippen LogP contribution in [0.2, 0.25) is 0 Å². The highest BCUT2D eigenvalue weighted by Crippen LogP contribution is 2.27. The molecule has 4 aliphatic rings. The topological polar surface area (TPSA) is 575 Å². The van der Waals surface area contributed by atoms with E-state index in [4.69, 9.17) is 15.0 Å². The quantitative estimate of drug-likeness (QED) is 0.0444. The van der Waals surface area contributed by atoms with E-state index in [2.05, 4.69) is 63.8 Å². The Kier molecular flexibility index (Phi) is 37.5. The van der Waals surface area contributed by atoms with Crippen molar-refractivity contribution in [3.8, 4) is 23.0 Å². The normalized spacial score (nSPS) is 19.3. The van der Waals surface area contributed by atoms with E-state index in [1.165, 1.54) is 72.8 Å². The fourth-order valence-electron chi connectivity index (χ4n) is 12.4. The van der Waals surface area contributed by atoms with Crippen molar-refractivity contribution in [1.29, 1.82) is 0 Å². The van der Waals surface area contributed by atoms with Crippen LogP contribution in [0.3, 0.4) is 0 Å². The summed E-state index contributed by atoms with van der Waals surface area (Å²) in [6.07, 6.45) is 0.467. The maximum atomic E-state index is 14.7. The number of urea groups is 1. The first kappa shape index (κ1) is 90.7. The first-order chi connectivity index (χ1) is 54.5. The van der Waals surface area contributed by atoms with Gasteiger partial charge in [-0.15, -0.1) is 0 Å². The van der Waals surface area contributed by atoms with Crippen molar-refractivity contribution in [3.05, 3.63) is 117 Å². The van der Waals surface area contributed by atoms with E-state index in [0.29, 0.717) is 19.3 Å². The van der Waals surface area contributed by atoms with Gasteiger partial charge in [-0.05, 0) is 99.9 Å². The molecular weight excluding hydrogens is 1490 g/mol. The molecule has 0 aliphatic carbocycles. The Morgan fingerprint density at radius 1 is 0.377 bits per heavy atom. The summed E-state index contributed by atoms with van der Waals surface area (Å²) in [4.78, 5) is 201. The number of fused-ring (bicyclic) bond motifs is 26. The number of phenols is 4. The zero-order valence-electron chi connectivity index (χ0n) is 63.3. The number of benzene rings is 4. The van der Waals surface area contributed by atoms with Crippen molar-refractivity contribution in [2.75, 3.05) is 137 Å². The molecule has 114 heavy (non-hydrogen) atoms. The number of phenolic OH excluding ortho intramolecular Hbond substituents is 4. The minimum absolute atomic E-state index is 0.0215. The SMILES string of the molecule is CC(=O)O.O=C(O)CC[C@H](NC(=O)N[C@@H](CCCCNC(=O)CCCC(=O)NCCCCC1CN2CCNC(=O)c3cccc(c3O)C(=O)NCCN3CCNC(=O)c4cccc(c4O)C(=O)NCCN(CCNC(=O)c4cccc(c4O)C(=O)NCCN(CCNC(=O)c4cccc(c4O)C(=O)N1)CC3)CC2)C(=O)O)C(=O)O. The molecule has 620 valence electrons. The third-order valence-corrected chi connectivity index (χ3v) is 18.6. The molecule has 20 N–H and O–H groups in total. The number of unbranched alkanes of at least 4 members (excludes halogenated alkanes) is 2. The Hall–Kier alpha value is -12.2. The lowest BCUT2D eigenvalue weighted by Crippen LogP contribution is -2.51. The van der Waals surface area contributed by atoms with Gasteiger partial charge < -0.3 is 105 Å². The van der Waals surface area contributed by atoms with Gasteiger partial charge in [0, 0.05) is 170 Å². The minimum Gasteiger partial charge on any atom is -0.506 e. The van der Waals surface area contributed by atoms with Gasteiger partial charge in [0.05, 0.1) is 44.5 Å². The van der Waals surface area contributed by atoms with Gasteiger partial charge in [0.25, 0.3) is 53.2 Å². The number of para-hydroxylation sites is 4. The smallest absolute Gasteiger partial charge is 0.326 e. The Labute approximate surface area is 656 Å². The predicted octanol–water partition coefficient (Wildman–Crippen LogP) is -1.03. The lowest BCUT2D eigenvalue weighted by Gasteiger charge is -2.31.